The second-order valence-corrected chi connectivity index (χ2v) is 3.81. The minimum atomic E-state index is -0.805. The number of nitrogens with two attached hydrogens (primary N) is 1. The Bertz CT molecular complexity index is 338. The number of primary amides is 1. The van der Waals surface area contributed by atoms with Crippen LogP contribution in [0, 0.1) is 0 Å². The number of hydrazine groups is 1. The Morgan fingerprint density at radius 1 is 1.46 bits per heavy atom. The zero-order valence-electron chi connectivity index (χ0n) is 6.33. The molecule has 1 heterocycles. The zero-order chi connectivity index (χ0) is 9.84. The van der Waals surface area contributed by atoms with E-state index >= 15 is 0 Å². The lowest BCUT2D eigenvalue weighted by atomic mass is 10.4. The van der Waals surface area contributed by atoms with Crippen LogP contribution in [0.15, 0.2) is 15.9 Å². The highest BCUT2D eigenvalue weighted by molar-refractivity contribution is 9.10. The maximum atomic E-state index is 11.2. The number of hydrogen-bond acceptors (Lipinski definition) is 3. The highest BCUT2D eigenvalue weighted by atomic mass is 79.9. The molecule has 70 valence electrons. The average molecular weight is 264 g/mol. The van der Waals surface area contributed by atoms with Crippen molar-refractivity contribution < 1.29 is 9.59 Å². The number of carbonyl (C=O) groups excluding carboxylic acids is 2. The zero-order valence-corrected chi connectivity index (χ0v) is 8.74. The van der Waals surface area contributed by atoms with Gasteiger partial charge in [-0.1, -0.05) is 0 Å². The van der Waals surface area contributed by atoms with Crippen molar-refractivity contribution in [3.8, 4) is 0 Å². The number of rotatable bonds is 1. The Kier molecular flexibility index (Phi) is 3.26. The van der Waals surface area contributed by atoms with Crippen molar-refractivity contribution in [3.05, 3.63) is 20.8 Å². The van der Waals surface area contributed by atoms with Gasteiger partial charge in [0.2, 0.25) is 0 Å². The first kappa shape index (κ1) is 10.0. The average Bonchev–Trinajstić information content (AvgIpc) is 2.47. The second kappa shape index (κ2) is 4.24. The summed E-state index contributed by atoms with van der Waals surface area (Å²) < 4.78 is 0.682. The van der Waals surface area contributed by atoms with Crippen LogP contribution in [-0.4, -0.2) is 11.9 Å². The maximum absolute atomic E-state index is 11.2. The molecule has 0 saturated heterocycles. The third-order valence-electron chi connectivity index (χ3n) is 1.12. The largest absolute Gasteiger partial charge is 0.350 e. The van der Waals surface area contributed by atoms with Crippen LogP contribution in [0.3, 0.4) is 0 Å². The van der Waals surface area contributed by atoms with Gasteiger partial charge in [-0.25, -0.2) is 10.2 Å². The minimum absolute atomic E-state index is 0.402. The molecular weight excluding hydrogens is 258 g/mol. The van der Waals surface area contributed by atoms with Gasteiger partial charge in [-0.3, -0.25) is 10.2 Å². The molecular formula is C6H6BrN3O2S. The van der Waals surface area contributed by atoms with Crippen molar-refractivity contribution in [2.24, 2.45) is 5.73 Å². The Morgan fingerprint density at radius 3 is 2.62 bits per heavy atom. The van der Waals surface area contributed by atoms with Gasteiger partial charge in [0.05, 0.1) is 0 Å². The molecule has 0 aromatic carbocycles. The van der Waals surface area contributed by atoms with Crippen molar-refractivity contribution >= 4 is 39.2 Å². The summed E-state index contributed by atoms with van der Waals surface area (Å²) in [6.45, 7) is 0. The van der Waals surface area contributed by atoms with Gasteiger partial charge in [0, 0.05) is 4.47 Å². The summed E-state index contributed by atoms with van der Waals surface area (Å²) in [7, 11) is 0. The standard InChI is InChI=1S/C6H6BrN3O2S/c7-3-1-2-13-4(3)5(11)9-10-6(8)12/h1-2H,(H,9,11)(H3,8,10,12). The monoisotopic (exact) mass is 263 g/mol. The third kappa shape index (κ3) is 2.71. The third-order valence-corrected chi connectivity index (χ3v) is 2.96. The SMILES string of the molecule is NC(=O)NNC(=O)c1sccc1Br. The fourth-order valence-electron chi connectivity index (χ4n) is 0.631. The maximum Gasteiger partial charge on any atom is 0.330 e. The molecule has 7 heteroatoms. The topological polar surface area (TPSA) is 84.2 Å². The Labute approximate surface area is 86.4 Å². The van der Waals surface area contributed by atoms with Crippen molar-refractivity contribution in [1.29, 1.82) is 0 Å². The molecule has 0 fully saturated rings. The summed E-state index contributed by atoms with van der Waals surface area (Å²) in [6, 6.07) is 0.935. The fraction of sp³-hybridized carbons (Fsp3) is 0. The van der Waals surface area contributed by atoms with Crippen LogP contribution < -0.4 is 16.6 Å². The molecule has 13 heavy (non-hydrogen) atoms. The molecule has 0 saturated carbocycles. The number of amides is 3. The van der Waals surface area contributed by atoms with Gasteiger partial charge in [-0.15, -0.1) is 11.3 Å². The van der Waals surface area contributed by atoms with Gasteiger partial charge in [0.15, 0.2) is 0 Å². The van der Waals surface area contributed by atoms with Crippen molar-refractivity contribution in [2.75, 3.05) is 0 Å². The molecule has 0 spiro atoms. The van der Waals surface area contributed by atoms with Crippen LogP contribution in [0.4, 0.5) is 4.79 Å². The van der Waals surface area contributed by atoms with E-state index in [1.165, 1.54) is 11.3 Å². The van der Waals surface area contributed by atoms with Gasteiger partial charge >= 0.3 is 6.03 Å². The first-order valence-corrected chi connectivity index (χ1v) is 4.87. The molecule has 0 unspecified atom stereocenters. The van der Waals surface area contributed by atoms with Crippen LogP contribution in [0.2, 0.25) is 0 Å². The predicted octanol–water partition coefficient (Wildman–Crippen LogP) is 0.824. The van der Waals surface area contributed by atoms with E-state index in [0.29, 0.717) is 9.35 Å². The molecule has 1 rings (SSSR count). The molecule has 0 aliphatic rings. The lowest BCUT2D eigenvalue weighted by Gasteiger charge is -2.02. The smallest absolute Gasteiger partial charge is 0.330 e. The summed E-state index contributed by atoms with van der Waals surface area (Å²) in [5, 5.41) is 1.75. The summed E-state index contributed by atoms with van der Waals surface area (Å²) in [4.78, 5) is 22.0. The molecule has 0 atom stereocenters. The van der Waals surface area contributed by atoms with Crippen LogP contribution in [0.25, 0.3) is 0 Å². The van der Waals surface area contributed by atoms with E-state index in [4.69, 9.17) is 5.73 Å². The molecule has 0 radical (unpaired) electrons. The molecule has 1 aromatic heterocycles. The van der Waals surface area contributed by atoms with E-state index in [1.807, 2.05) is 5.43 Å². The summed E-state index contributed by atoms with van der Waals surface area (Å²) in [5.41, 5.74) is 8.89. The van der Waals surface area contributed by atoms with E-state index in [-0.39, 0.29) is 0 Å². The first-order valence-electron chi connectivity index (χ1n) is 3.20. The number of thiophene rings is 1. The van der Waals surface area contributed by atoms with Gasteiger partial charge < -0.3 is 5.73 Å². The molecule has 0 aliphatic carbocycles. The van der Waals surface area contributed by atoms with Gasteiger partial charge in [0.1, 0.15) is 4.88 Å². The Hall–Kier alpha value is -1.08. The van der Waals surface area contributed by atoms with Gasteiger partial charge in [-0.2, -0.15) is 0 Å². The van der Waals surface area contributed by atoms with E-state index in [2.05, 4.69) is 21.4 Å². The van der Waals surface area contributed by atoms with E-state index in [9.17, 15) is 9.59 Å². The summed E-state index contributed by atoms with van der Waals surface area (Å²) >= 11 is 4.44. The van der Waals surface area contributed by atoms with E-state index in [0.717, 1.165) is 0 Å². The molecule has 5 nitrogen and oxygen atoms in total. The number of nitrogens with one attached hydrogen (secondary N) is 2. The minimum Gasteiger partial charge on any atom is -0.350 e. The summed E-state index contributed by atoms with van der Waals surface area (Å²) in [5.74, 6) is -0.402. The van der Waals surface area contributed by atoms with Gasteiger partial charge in [-0.05, 0) is 27.4 Å². The van der Waals surface area contributed by atoms with E-state index in [1.54, 1.807) is 11.4 Å². The highest BCUT2D eigenvalue weighted by Crippen LogP contribution is 2.21. The second-order valence-electron chi connectivity index (χ2n) is 2.04. The number of halogens is 1. The number of urea groups is 1. The predicted molar refractivity (Wildman–Crippen MR) is 52.2 cm³/mol. The van der Waals surface area contributed by atoms with Gasteiger partial charge in [0.25, 0.3) is 5.91 Å². The van der Waals surface area contributed by atoms with Crippen molar-refractivity contribution in [2.45, 2.75) is 0 Å². The van der Waals surface area contributed by atoms with Crippen molar-refractivity contribution in [1.82, 2.24) is 10.9 Å². The van der Waals surface area contributed by atoms with Crippen LogP contribution in [0.1, 0.15) is 9.67 Å². The van der Waals surface area contributed by atoms with Crippen LogP contribution in [0.5, 0.6) is 0 Å². The fourth-order valence-corrected chi connectivity index (χ4v) is 2.08. The van der Waals surface area contributed by atoms with E-state index < -0.39 is 11.9 Å². The number of hydrogen-bond donors (Lipinski definition) is 3. The molecule has 1 aromatic rings. The Morgan fingerprint density at radius 2 is 2.15 bits per heavy atom. The lowest BCUT2D eigenvalue weighted by Crippen LogP contribution is -2.44. The lowest BCUT2D eigenvalue weighted by molar-refractivity contribution is 0.0941. The normalized spacial score (nSPS) is 9.31. The highest BCUT2D eigenvalue weighted by Gasteiger charge is 2.10. The number of carbonyl (C=O) groups is 2. The molecule has 4 N–H and O–H groups in total. The molecule has 0 bridgehead atoms. The van der Waals surface area contributed by atoms with Crippen LogP contribution >= 0.6 is 27.3 Å². The molecule has 3 amide bonds. The van der Waals surface area contributed by atoms with Crippen molar-refractivity contribution in [3.63, 3.8) is 0 Å². The Balaban J connectivity index is 2.59. The molecule has 0 aliphatic heterocycles. The first-order chi connectivity index (χ1) is 6.11. The quantitative estimate of drug-likeness (QED) is 0.656. The summed E-state index contributed by atoms with van der Waals surface area (Å²) in [6.07, 6.45) is 0. The van der Waals surface area contributed by atoms with Crippen LogP contribution in [-0.2, 0) is 0 Å².